The molecule has 0 saturated carbocycles. The molecule has 0 unspecified atom stereocenters. The number of hydrogen-bond acceptors (Lipinski definition) is 6. The van der Waals surface area contributed by atoms with Crippen LogP contribution in [0.1, 0.15) is 20.7 Å². The molecule has 1 aromatic carbocycles. The van der Waals surface area contributed by atoms with Gasteiger partial charge in [0, 0.05) is 11.9 Å². The van der Waals surface area contributed by atoms with Gasteiger partial charge in [-0.25, -0.2) is 4.79 Å². The van der Waals surface area contributed by atoms with Gasteiger partial charge >= 0.3 is 11.9 Å². The van der Waals surface area contributed by atoms with E-state index in [4.69, 9.17) is 10.2 Å². The number of aromatic nitrogens is 1. The lowest BCUT2D eigenvalue weighted by molar-refractivity contribution is -0.135. The number of aromatic carboxylic acids is 1. The van der Waals surface area contributed by atoms with Crippen LogP contribution in [0.15, 0.2) is 35.1 Å². The van der Waals surface area contributed by atoms with Gasteiger partial charge in [0.15, 0.2) is 5.75 Å². The van der Waals surface area contributed by atoms with E-state index < -0.39 is 41.3 Å². The Morgan fingerprint density at radius 2 is 1.79 bits per heavy atom. The highest BCUT2D eigenvalue weighted by Gasteiger charge is 2.23. The quantitative estimate of drug-likeness (QED) is 0.506. The highest BCUT2D eigenvalue weighted by atomic mass is 32.1. The predicted molar refractivity (Wildman–Crippen MR) is 101 cm³/mol. The number of hydrogen-bond donors (Lipinski definition) is 4. The fourth-order valence-corrected chi connectivity index (χ4v) is 3.80. The lowest BCUT2D eigenvalue weighted by Crippen LogP contribution is -2.35. The molecule has 0 atom stereocenters. The maximum Gasteiger partial charge on any atom is 0.335 e. The highest BCUT2D eigenvalue weighted by Crippen LogP contribution is 2.38. The largest absolute Gasteiger partial charge is 0.505 e. The number of thiophene rings is 1. The number of carbonyl (C=O) groups is 3. The van der Waals surface area contributed by atoms with E-state index in [9.17, 15) is 24.3 Å². The van der Waals surface area contributed by atoms with Crippen molar-refractivity contribution in [3.63, 3.8) is 0 Å². The van der Waals surface area contributed by atoms with Crippen molar-refractivity contribution in [1.29, 1.82) is 0 Å². The lowest BCUT2D eigenvalue weighted by Gasteiger charge is -2.08. The van der Waals surface area contributed by atoms with Gasteiger partial charge in [0.25, 0.3) is 11.5 Å². The second-order valence-corrected chi connectivity index (χ2v) is 6.92. The Labute approximate surface area is 161 Å². The summed E-state index contributed by atoms with van der Waals surface area (Å²) in [6.07, 6.45) is 0. The minimum absolute atomic E-state index is 0.123. The molecule has 0 spiro atoms. The molecule has 144 valence electrons. The number of nitrogens with zero attached hydrogens (tertiary/aromatic N) is 1. The third-order valence-corrected chi connectivity index (χ3v) is 5.27. The van der Waals surface area contributed by atoms with E-state index in [1.807, 2.05) is 0 Å². The van der Waals surface area contributed by atoms with E-state index in [1.165, 1.54) is 23.7 Å². The molecule has 0 saturated heterocycles. The maximum absolute atomic E-state index is 12.5. The number of carboxylic acids is 2. The maximum atomic E-state index is 12.5. The van der Waals surface area contributed by atoms with Crippen LogP contribution in [0.3, 0.4) is 0 Å². The minimum atomic E-state index is -1.28. The summed E-state index contributed by atoms with van der Waals surface area (Å²) in [6, 6.07) is 7.72. The Morgan fingerprint density at radius 1 is 1.14 bits per heavy atom. The number of nitrogens with one attached hydrogen (secondary N) is 1. The predicted octanol–water partition coefficient (Wildman–Crippen LogP) is 1.49. The van der Waals surface area contributed by atoms with Crippen molar-refractivity contribution >= 4 is 39.4 Å². The normalized spacial score (nSPS) is 10.8. The van der Waals surface area contributed by atoms with Crippen LogP contribution in [-0.4, -0.2) is 44.3 Å². The molecule has 0 bridgehead atoms. The van der Waals surface area contributed by atoms with Crippen LogP contribution in [0.4, 0.5) is 0 Å². The van der Waals surface area contributed by atoms with Crippen molar-refractivity contribution in [2.45, 2.75) is 0 Å². The smallest absolute Gasteiger partial charge is 0.335 e. The second kappa shape index (κ2) is 7.16. The van der Waals surface area contributed by atoms with Gasteiger partial charge in [-0.15, -0.1) is 11.3 Å². The van der Waals surface area contributed by atoms with Crippen LogP contribution >= 0.6 is 11.3 Å². The molecule has 0 fully saturated rings. The first-order valence-corrected chi connectivity index (χ1v) is 8.71. The summed E-state index contributed by atoms with van der Waals surface area (Å²) in [5.74, 6) is -3.85. The molecule has 0 aliphatic rings. The number of pyridine rings is 1. The Balaban J connectivity index is 2.11. The van der Waals surface area contributed by atoms with Gasteiger partial charge in [-0.05, 0) is 23.8 Å². The lowest BCUT2D eigenvalue weighted by atomic mass is 10.1. The van der Waals surface area contributed by atoms with Gasteiger partial charge in [0.1, 0.15) is 12.1 Å². The number of aromatic hydroxyl groups is 1. The molecule has 2 aromatic heterocycles. The minimum Gasteiger partial charge on any atom is -0.505 e. The Hall–Kier alpha value is -3.66. The van der Waals surface area contributed by atoms with Gasteiger partial charge in [-0.3, -0.25) is 14.4 Å². The molecular weight excluding hydrogens is 388 g/mol. The first-order chi connectivity index (χ1) is 13.2. The van der Waals surface area contributed by atoms with E-state index in [-0.39, 0.29) is 10.3 Å². The first-order valence-electron chi connectivity index (χ1n) is 7.90. The van der Waals surface area contributed by atoms with Gasteiger partial charge in [-0.2, -0.15) is 0 Å². The van der Waals surface area contributed by atoms with E-state index in [0.29, 0.717) is 16.0 Å². The summed E-state index contributed by atoms with van der Waals surface area (Å²) in [5.41, 5.74) is -0.114. The standard InChI is InChI=1S/C18H14N2O7S/c1-20-10-6-11(8-2-4-9(5-3-8)18(26)27)28-15(10)14(23)13(17(20)25)16(24)19-7-12(21)22/h2-6,23H,7H2,1H3,(H,19,24)(H,21,22)(H,26,27). The Bertz CT molecular complexity index is 1180. The van der Waals surface area contributed by atoms with Gasteiger partial charge in [-0.1, -0.05) is 12.1 Å². The average Bonchev–Trinajstić information content (AvgIpc) is 3.10. The molecule has 10 heteroatoms. The zero-order chi connectivity index (χ0) is 20.6. The van der Waals surface area contributed by atoms with Crippen LogP contribution in [0.2, 0.25) is 0 Å². The van der Waals surface area contributed by atoms with Gasteiger partial charge < -0.3 is 25.2 Å². The van der Waals surface area contributed by atoms with Gasteiger partial charge in [0.2, 0.25) is 0 Å². The molecule has 3 aromatic rings. The third-order valence-electron chi connectivity index (χ3n) is 4.09. The second-order valence-electron chi connectivity index (χ2n) is 5.87. The van der Waals surface area contributed by atoms with Crippen LogP contribution < -0.4 is 10.9 Å². The fraction of sp³-hybridized carbons (Fsp3) is 0.111. The summed E-state index contributed by atoms with van der Waals surface area (Å²) in [6.45, 7) is -0.689. The van der Waals surface area contributed by atoms with Crippen molar-refractivity contribution in [2.24, 2.45) is 7.05 Å². The molecule has 0 aliphatic heterocycles. The van der Waals surface area contributed by atoms with E-state index in [2.05, 4.69) is 5.32 Å². The van der Waals surface area contributed by atoms with E-state index >= 15 is 0 Å². The van der Waals surface area contributed by atoms with Crippen LogP contribution in [0, 0.1) is 0 Å². The monoisotopic (exact) mass is 402 g/mol. The molecule has 3 rings (SSSR count). The average molecular weight is 402 g/mol. The van der Waals surface area contributed by atoms with Crippen LogP contribution in [0.5, 0.6) is 5.75 Å². The third kappa shape index (κ3) is 3.32. The molecule has 0 radical (unpaired) electrons. The summed E-state index contributed by atoms with van der Waals surface area (Å²) >= 11 is 1.12. The first kappa shape index (κ1) is 19.1. The molecule has 9 nitrogen and oxygen atoms in total. The Morgan fingerprint density at radius 3 is 2.36 bits per heavy atom. The van der Waals surface area contributed by atoms with Crippen molar-refractivity contribution in [3.8, 4) is 16.2 Å². The summed E-state index contributed by atoms with van der Waals surface area (Å²) < 4.78 is 1.47. The van der Waals surface area contributed by atoms with Crippen LogP contribution in [0.25, 0.3) is 20.7 Å². The molecule has 2 heterocycles. The zero-order valence-electron chi connectivity index (χ0n) is 14.4. The van der Waals surface area contributed by atoms with Crippen LogP contribution in [-0.2, 0) is 11.8 Å². The summed E-state index contributed by atoms with van der Waals surface area (Å²) in [7, 11) is 1.43. The highest BCUT2D eigenvalue weighted by molar-refractivity contribution is 7.22. The van der Waals surface area contributed by atoms with E-state index in [0.717, 1.165) is 11.3 Å². The number of aliphatic carboxylic acids is 1. The van der Waals surface area contributed by atoms with Crippen molar-refractivity contribution in [3.05, 3.63) is 51.8 Å². The SMILES string of the molecule is Cn1c(=O)c(C(=O)NCC(=O)O)c(O)c2sc(-c3ccc(C(=O)O)cc3)cc21. The number of amides is 1. The van der Waals surface area contributed by atoms with Crippen molar-refractivity contribution in [1.82, 2.24) is 9.88 Å². The number of carboxylic acid groups (broad SMARTS) is 2. The Kier molecular flexibility index (Phi) is 4.89. The number of fused-ring (bicyclic) bond motifs is 1. The number of aryl methyl sites for hydroxylation is 1. The molecule has 28 heavy (non-hydrogen) atoms. The zero-order valence-corrected chi connectivity index (χ0v) is 15.2. The van der Waals surface area contributed by atoms with Crippen molar-refractivity contribution < 1.29 is 29.7 Å². The van der Waals surface area contributed by atoms with E-state index in [1.54, 1.807) is 18.2 Å². The fourth-order valence-electron chi connectivity index (χ4n) is 2.66. The molecule has 1 amide bonds. The number of carbonyl (C=O) groups excluding carboxylic acids is 1. The molecule has 4 N–H and O–H groups in total. The van der Waals surface area contributed by atoms with Gasteiger partial charge in [0.05, 0.1) is 15.8 Å². The number of benzene rings is 1. The molecule has 0 aliphatic carbocycles. The summed E-state index contributed by atoms with van der Waals surface area (Å²) in [5, 5.41) is 30.2. The topological polar surface area (TPSA) is 146 Å². The van der Waals surface area contributed by atoms with Crippen molar-refractivity contribution in [2.75, 3.05) is 6.54 Å². The summed E-state index contributed by atoms with van der Waals surface area (Å²) in [4.78, 5) is 46.9. The molecular formula is C18H14N2O7S. The number of rotatable bonds is 5.